The predicted molar refractivity (Wildman–Crippen MR) is 115 cm³/mol. The van der Waals surface area contributed by atoms with Gasteiger partial charge in [0.05, 0.1) is 29.4 Å². The average Bonchev–Trinajstić information content (AvgIpc) is 3.09. The Bertz CT molecular complexity index is 978. The highest BCUT2D eigenvalue weighted by atomic mass is 35.5. The number of hydrogen-bond donors (Lipinski definition) is 2. The molecular weight excluding hydrogens is 426 g/mol. The second-order valence-corrected chi connectivity index (χ2v) is 7.13. The quantitative estimate of drug-likeness (QED) is 0.508. The number of fused-ring (bicyclic) bond motifs is 1. The first-order valence-corrected chi connectivity index (χ1v) is 9.66. The van der Waals surface area contributed by atoms with Crippen molar-refractivity contribution < 1.29 is 19.2 Å². The number of benzene rings is 1. The van der Waals surface area contributed by atoms with Gasteiger partial charge < -0.3 is 15.4 Å². The Labute approximate surface area is 184 Å². The van der Waals surface area contributed by atoms with E-state index in [1.54, 1.807) is 12.1 Å². The molecule has 0 spiro atoms. The second kappa shape index (κ2) is 9.82. The number of halogens is 1. The molecule has 1 fully saturated rings. The van der Waals surface area contributed by atoms with E-state index in [4.69, 9.17) is 4.74 Å². The van der Waals surface area contributed by atoms with E-state index in [0.717, 1.165) is 19.6 Å². The summed E-state index contributed by atoms with van der Waals surface area (Å²) in [6.07, 6.45) is 1.42. The van der Waals surface area contributed by atoms with Crippen LogP contribution in [0.2, 0.25) is 0 Å². The Balaban J connectivity index is 0.00000272. The Morgan fingerprint density at radius 1 is 1.29 bits per heavy atom. The number of nitrogens with one attached hydrogen (secondary N) is 2. The number of carbonyl (C=O) groups is 2. The van der Waals surface area contributed by atoms with Crippen LogP contribution in [0.4, 0.5) is 11.4 Å². The lowest BCUT2D eigenvalue weighted by Crippen LogP contribution is -2.41. The molecular formula is C20H22ClN5O5. The lowest BCUT2D eigenvalue weighted by molar-refractivity contribution is -0.384. The molecule has 11 heteroatoms. The van der Waals surface area contributed by atoms with Crippen molar-refractivity contribution in [3.05, 3.63) is 63.5 Å². The number of carbonyl (C=O) groups excluding carboxylic acids is 2. The van der Waals surface area contributed by atoms with E-state index >= 15 is 0 Å². The normalized spacial score (nSPS) is 17.9. The van der Waals surface area contributed by atoms with E-state index in [0.29, 0.717) is 42.3 Å². The number of nitro groups is 1. The van der Waals surface area contributed by atoms with Crippen LogP contribution in [0.25, 0.3) is 0 Å². The molecule has 31 heavy (non-hydrogen) atoms. The van der Waals surface area contributed by atoms with Gasteiger partial charge in [0, 0.05) is 55.8 Å². The van der Waals surface area contributed by atoms with Gasteiger partial charge in [-0.25, -0.2) is 0 Å². The van der Waals surface area contributed by atoms with Crippen LogP contribution in [0.1, 0.15) is 27.5 Å². The van der Waals surface area contributed by atoms with Gasteiger partial charge in [-0.05, 0) is 18.2 Å². The van der Waals surface area contributed by atoms with Crippen LogP contribution in [0, 0.1) is 10.1 Å². The number of morpholine rings is 1. The summed E-state index contributed by atoms with van der Waals surface area (Å²) in [5.41, 5.74) is 1.76. The maximum absolute atomic E-state index is 12.4. The van der Waals surface area contributed by atoms with E-state index in [-0.39, 0.29) is 29.9 Å². The van der Waals surface area contributed by atoms with Gasteiger partial charge in [0.25, 0.3) is 11.6 Å². The lowest BCUT2D eigenvalue weighted by Gasteiger charge is -2.26. The van der Waals surface area contributed by atoms with Gasteiger partial charge in [-0.15, -0.1) is 12.4 Å². The molecule has 3 heterocycles. The van der Waals surface area contributed by atoms with Crippen molar-refractivity contribution in [3.8, 4) is 0 Å². The van der Waals surface area contributed by atoms with Crippen molar-refractivity contribution in [2.24, 2.45) is 0 Å². The van der Waals surface area contributed by atoms with Crippen LogP contribution >= 0.6 is 12.4 Å². The largest absolute Gasteiger partial charge is 0.379 e. The summed E-state index contributed by atoms with van der Waals surface area (Å²) in [4.78, 5) is 41.8. The van der Waals surface area contributed by atoms with Crippen LogP contribution in [-0.4, -0.2) is 66.0 Å². The van der Waals surface area contributed by atoms with Gasteiger partial charge in [0.15, 0.2) is 0 Å². The third-order valence-corrected chi connectivity index (χ3v) is 5.24. The Kier molecular flexibility index (Phi) is 7.16. The van der Waals surface area contributed by atoms with E-state index in [2.05, 4.69) is 20.5 Å². The fourth-order valence-electron chi connectivity index (χ4n) is 3.62. The predicted octanol–water partition coefficient (Wildman–Crippen LogP) is 1.56. The highest BCUT2D eigenvalue weighted by Crippen LogP contribution is 2.38. The second-order valence-electron chi connectivity index (χ2n) is 7.13. The molecule has 0 bridgehead atoms. The van der Waals surface area contributed by atoms with Crippen molar-refractivity contribution >= 4 is 35.6 Å². The highest BCUT2D eigenvalue weighted by molar-refractivity contribution is 6.05. The van der Waals surface area contributed by atoms with Crippen LogP contribution in [0.3, 0.4) is 0 Å². The summed E-state index contributed by atoms with van der Waals surface area (Å²) in [7, 11) is 0. The summed E-state index contributed by atoms with van der Waals surface area (Å²) in [5.74, 6) is -1.30. The maximum atomic E-state index is 12.4. The van der Waals surface area contributed by atoms with Crippen LogP contribution < -0.4 is 10.6 Å². The van der Waals surface area contributed by atoms with Gasteiger partial charge in [-0.1, -0.05) is 0 Å². The molecule has 1 saturated heterocycles. The number of hydrogen-bond acceptors (Lipinski definition) is 7. The first kappa shape index (κ1) is 22.6. The van der Waals surface area contributed by atoms with Crippen molar-refractivity contribution in [2.75, 3.05) is 44.7 Å². The molecule has 2 N–H and O–H groups in total. The molecule has 4 rings (SSSR count). The molecule has 1 aromatic heterocycles. The van der Waals surface area contributed by atoms with Crippen molar-refractivity contribution in [1.29, 1.82) is 0 Å². The van der Waals surface area contributed by atoms with Crippen LogP contribution in [0.5, 0.6) is 0 Å². The number of aromatic nitrogens is 1. The molecule has 164 valence electrons. The number of ether oxygens (including phenoxy) is 1. The zero-order valence-electron chi connectivity index (χ0n) is 16.6. The Morgan fingerprint density at radius 2 is 2.06 bits per heavy atom. The standard InChI is InChI=1S/C20H21N5O5.ClH/c26-19(21-5-6-24-7-9-30-10-8-24)13-1-3-17(22-12-13)18-15-11-14(25(28)29)2-4-16(15)23-20(18)27;/h1-4,11-12,18H,5-10H2,(H,21,26)(H,23,27);1H. The molecule has 2 aliphatic rings. The Morgan fingerprint density at radius 3 is 2.74 bits per heavy atom. The maximum Gasteiger partial charge on any atom is 0.269 e. The molecule has 2 amide bonds. The molecule has 0 saturated carbocycles. The molecule has 1 atom stereocenters. The fourth-order valence-corrected chi connectivity index (χ4v) is 3.62. The number of nitrogens with zero attached hydrogens (tertiary/aromatic N) is 3. The van der Waals surface area contributed by atoms with Crippen molar-refractivity contribution in [1.82, 2.24) is 15.2 Å². The summed E-state index contributed by atoms with van der Waals surface area (Å²) in [6.45, 7) is 4.40. The fraction of sp³-hybridized carbons (Fsp3) is 0.350. The average molecular weight is 448 g/mol. The third kappa shape index (κ3) is 4.98. The number of anilines is 1. The SMILES string of the molecule is Cl.O=C(NCCN1CCOCC1)c1ccc(C2C(=O)Nc3ccc([N+](=O)[O-])cc32)nc1. The van der Waals surface area contributed by atoms with Gasteiger partial charge >= 0.3 is 0 Å². The first-order chi connectivity index (χ1) is 14.5. The lowest BCUT2D eigenvalue weighted by atomic mass is 9.96. The molecule has 2 aliphatic heterocycles. The van der Waals surface area contributed by atoms with Crippen LogP contribution in [-0.2, 0) is 9.53 Å². The monoisotopic (exact) mass is 447 g/mol. The van der Waals surface area contributed by atoms with Gasteiger partial charge in [0.2, 0.25) is 5.91 Å². The van der Waals surface area contributed by atoms with E-state index in [1.165, 1.54) is 24.4 Å². The van der Waals surface area contributed by atoms with Gasteiger partial charge in [0.1, 0.15) is 5.92 Å². The summed E-state index contributed by atoms with van der Waals surface area (Å²) < 4.78 is 5.30. The number of non-ortho nitro benzene ring substituents is 1. The number of nitro benzene ring substituents is 1. The van der Waals surface area contributed by atoms with E-state index in [1.807, 2.05) is 0 Å². The number of pyridine rings is 1. The molecule has 0 aliphatic carbocycles. The van der Waals surface area contributed by atoms with Crippen LogP contribution in [0.15, 0.2) is 36.5 Å². The molecule has 10 nitrogen and oxygen atoms in total. The minimum atomic E-state index is -0.752. The third-order valence-electron chi connectivity index (χ3n) is 5.24. The zero-order chi connectivity index (χ0) is 21.1. The van der Waals surface area contributed by atoms with Gasteiger partial charge in [-0.3, -0.25) is 29.6 Å². The molecule has 1 aromatic carbocycles. The summed E-state index contributed by atoms with van der Waals surface area (Å²) in [6, 6.07) is 7.46. The van der Waals surface area contributed by atoms with E-state index in [9.17, 15) is 19.7 Å². The topological polar surface area (TPSA) is 127 Å². The van der Waals surface area contributed by atoms with E-state index < -0.39 is 10.8 Å². The molecule has 2 aromatic rings. The van der Waals surface area contributed by atoms with Crippen molar-refractivity contribution in [3.63, 3.8) is 0 Å². The van der Waals surface area contributed by atoms with Crippen molar-refractivity contribution in [2.45, 2.75) is 5.92 Å². The number of amides is 2. The number of rotatable bonds is 6. The van der Waals surface area contributed by atoms with Gasteiger partial charge in [-0.2, -0.15) is 0 Å². The summed E-state index contributed by atoms with van der Waals surface area (Å²) >= 11 is 0. The molecule has 1 unspecified atom stereocenters. The minimum absolute atomic E-state index is 0. The highest BCUT2D eigenvalue weighted by Gasteiger charge is 2.34. The summed E-state index contributed by atoms with van der Waals surface area (Å²) in [5, 5.41) is 16.6. The zero-order valence-corrected chi connectivity index (χ0v) is 17.4. The Hall–Kier alpha value is -3.08. The minimum Gasteiger partial charge on any atom is -0.379 e. The smallest absolute Gasteiger partial charge is 0.269 e. The molecule has 0 radical (unpaired) electrons. The first-order valence-electron chi connectivity index (χ1n) is 9.66.